The molecule has 2 aliphatic rings. The summed E-state index contributed by atoms with van der Waals surface area (Å²) in [6.07, 6.45) is 1.30. The van der Waals surface area contributed by atoms with E-state index in [1.807, 2.05) is 0 Å². The fourth-order valence-corrected chi connectivity index (χ4v) is 3.94. The molecule has 0 unspecified atom stereocenters. The van der Waals surface area contributed by atoms with Crippen LogP contribution in [-0.2, 0) is 4.74 Å². The number of nitrogens with zero attached hydrogens (tertiary/aromatic N) is 3. The topological polar surface area (TPSA) is 120 Å². The Kier molecular flexibility index (Phi) is 3.85. The minimum atomic E-state index is -0.651. The van der Waals surface area contributed by atoms with Gasteiger partial charge in [-0.15, -0.1) is 0 Å². The molecule has 2 aromatic heterocycles. The molecule has 1 aliphatic carbocycles. The van der Waals surface area contributed by atoms with Crippen LogP contribution in [0.5, 0.6) is 0 Å². The highest BCUT2D eigenvalue weighted by atomic mass is 32.1. The number of nitro groups is 1. The maximum Gasteiger partial charge on any atom is 0.325 e. The summed E-state index contributed by atoms with van der Waals surface area (Å²) < 4.78 is 5.22. The van der Waals surface area contributed by atoms with E-state index in [1.165, 1.54) is 12.3 Å². The molecule has 2 aromatic rings. The molecule has 0 aromatic carbocycles. The Morgan fingerprint density at radius 1 is 1.27 bits per heavy atom. The minimum Gasteiger partial charge on any atom is -0.378 e. The van der Waals surface area contributed by atoms with Crippen molar-refractivity contribution in [1.82, 2.24) is 9.88 Å². The largest absolute Gasteiger partial charge is 0.378 e. The van der Waals surface area contributed by atoms with Crippen LogP contribution in [0, 0.1) is 10.1 Å². The van der Waals surface area contributed by atoms with Gasteiger partial charge in [0.05, 0.1) is 39.7 Å². The smallest absolute Gasteiger partial charge is 0.325 e. The summed E-state index contributed by atoms with van der Waals surface area (Å²) in [5.41, 5.74) is -0.188. The molecular formula is C16H11N3O6S. The first kappa shape index (κ1) is 16.5. The van der Waals surface area contributed by atoms with Gasteiger partial charge in [0.25, 0.3) is 5.91 Å². The number of carbonyl (C=O) groups excluding carboxylic acids is 3. The molecule has 0 bridgehead atoms. The zero-order valence-electron chi connectivity index (χ0n) is 13.3. The quantitative estimate of drug-likeness (QED) is 0.490. The van der Waals surface area contributed by atoms with Gasteiger partial charge >= 0.3 is 5.00 Å². The van der Waals surface area contributed by atoms with Gasteiger partial charge < -0.3 is 9.64 Å². The number of amides is 1. The van der Waals surface area contributed by atoms with Gasteiger partial charge in [-0.05, 0) is 6.07 Å². The molecule has 132 valence electrons. The summed E-state index contributed by atoms with van der Waals surface area (Å²) in [6, 6.07) is 2.48. The number of ether oxygens (including phenoxy) is 1. The third-order valence-electron chi connectivity index (χ3n) is 4.27. The van der Waals surface area contributed by atoms with Crippen molar-refractivity contribution in [2.75, 3.05) is 26.3 Å². The molecule has 0 spiro atoms. The van der Waals surface area contributed by atoms with E-state index in [2.05, 4.69) is 4.98 Å². The predicted molar refractivity (Wildman–Crippen MR) is 88.8 cm³/mol. The number of rotatable bonds is 2. The van der Waals surface area contributed by atoms with Gasteiger partial charge in [-0.25, -0.2) is 0 Å². The summed E-state index contributed by atoms with van der Waals surface area (Å²) in [4.78, 5) is 54.2. The second-order valence-electron chi connectivity index (χ2n) is 5.73. The van der Waals surface area contributed by atoms with Crippen molar-refractivity contribution in [3.63, 3.8) is 0 Å². The van der Waals surface area contributed by atoms with Crippen molar-refractivity contribution in [2.24, 2.45) is 0 Å². The molecule has 10 heteroatoms. The van der Waals surface area contributed by atoms with Gasteiger partial charge in [-0.3, -0.25) is 29.5 Å². The number of thiophene rings is 1. The van der Waals surface area contributed by atoms with Crippen LogP contribution in [0.3, 0.4) is 0 Å². The molecular weight excluding hydrogens is 362 g/mol. The van der Waals surface area contributed by atoms with Gasteiger partial charge in [0.15, 0.2) is 0 Å². The van der Waals surface area contributed by atoms with Crippen LogP contribution in [0.15, 0.2) is 18.3 Å². The lowest BCUT2D eigenvalue weighted by molar-refractivity contribution is -0.380. The molecule has 1 saturated heterocycles. The molecule has 1 aliphatic heterocycles. The summed E-state index contributed by atoms with van der Waals surface area (Å²) >= 11 is 0.633. The lowest BCUT2D eigenvalue weighted by Crippen LogP contribution is -2.41. The molecule has 0 radical (unpaired) electrons. The molecule has 0 saturated carbocycles. The van der Waals surface area contributed by atoms with E-state index in [0.717, 1.165) is 6.07 Å². The van der Waals surface area contributed by atoms with Crippen LogP contribution in [0.4, 0.5) is 5.00 Å². The van der Waals surface area contributed by atoms with E-state index in [0.29, 0.717) is 37.6 Å². The summed E-state index contributed by atoms with van der Waals surface area (Å²) in [5.74, 6) is -1.56. The van der Waals surface area contributed by atoms with E-state index in [-0.39, 0.29) is 38.2 Å². The second kappa shape index (κ2) is 6.07. The van der Waals surface area contributed by atoms with Crippen LogP contribution < -0.4 is 0 Å². The first-order valence-electron chi connectivity index (χ1n) is 7.72. The predicted octanol–water partition coefficient (Wildman–Crippen LogP) is 1.30. The van der Waals surface area contributed by atoms with Crippen LogP contribution in [0.2, 0.25) is 0 Å². The Labute approximate surface area is 150 Å². The van der Waals surface area contributed by atoms with Gasteiger partial charge in [0.2, 0.25) is 11.6 Å². The highest BCUT2D eigenvalue weighted by molar-refractivity contribution is 7.18. The van der Waals surface area contributed by atoms with E-state index in [4.69, 9.17) is 4.74 Å². The van der Waals surface area contributed by atoms with E-state index in [1.54, 1.807) is 4.90 Å². The molecule has 4 rings (SSSR count). The molecule has 0 N–H and O–H groups in total. The van der Waals surface area contributed by atoms with E-state index >= 15 is 0 Å². The molecule has 26 heavy (non-hydrogen) atoms. The fraction of sp³-hybridized carbons (Fsp3) is 0.250. The van der Waals surface area contributed by atoms with Gasteiger partial charge in [0, 0.05) is 25.4 Å². The van der Waals surface area contributed by atoms with Crippen molar-refractivity contribution < 1.29 is 24.0 Å². The fourth-order valence-electron chi connectivity index (χ4n) is 3.03. The molecule has 1 amide bonds. The Morgan fingerprint density at radius 3 is 2.69 bits per heavy atom. The van der Waals surface area contributed by atoms with Gasteiger partial charge in [0.1, 0.15) is 5.69 Å². The van der Waals surface area contributed by atoms with Crippen molar-refractivity contribution >= 4 is 33.8 Å². The Morgan fingerprint density at radius 2 is 2.00 bits per heavy atom. The minimum absolute atomic E-state index is 0.0294. The van der Waals surface area contributed by atoms with Crippen molar-refractivity contribution in [2.45, 2.75) is 0 Å². The maximum absolute atomic E-state index is 12.9. The molecule has 1 fully saturated rings. The average Bonchev–Trinajstić information content (AvgIpc) is 3.12. The number of fused-ring (bicyclic) bond motifs is 2. The Balaban J connectivity index is 1.82. The molecule has 9 nitrogen and oxygen atoms in total. The van der Waals surface area contributed by atoms with Crippen LogP contribution >= 0.6 is 11.3 Å². The number of hydrogen-bond acceptors (Lipinski definition) is 8. The number of hydrogen-bond donors (Lipinski definition) is 0. The summed E-state index contributed by atoms with van der Waals surface area (Å²) in [5, 5.41) is 10.7. The average molecular weight is 373 g/mol. The first-order valence-corrected chi connectivity index (χ1v) is 8.54. The third-order valence-corrected chi connectivity index (χ3v) is 5.36. The number of pyridine rings is 1. The van der Waals surface area contributed by atoms with Crippen molar-refractivity contribution in [1.29, 1.82) is 0 Å². The number of aromatic nitrogens is 1. The standard InChI is InChI=1S/C16H11N3O6S/c20-13-9-7-10(19(23)24)26-15(9)14(21)11-8(1-2-17-12(11)13)16(22)18-3-5-25-6-4-18/h1-2,7H,3-6H2. The highest BCUT2D eigenvalue weighted by Crippen LogP contribution is 2.37. The first-order chi connectivity index (χ1) is 12.5. The summed E-state index contributed by atoms with van der Waals surface area (Å²) in [7, 11) is 0. The zero-order chi connectivity index (χ0) is 18.4. The maximum atomic E-state index is 12.9. The van der Waals surface area contributed by atoms with Crippen molar-refractivity contribution in [3.8, 4) is 0 Å². The number of ketones is 2. The van der Waals surface area contributed by atoms with Crippen LogP contribution in [0.1, 0.15) is 41.6 Å². The van der Waals surface area contributed by atoms with Crippen LogP contribution in [-0.4, -0.2) is 58.6 Å². The number of morpholine rings is 1. The van der Waals surface area contributed by atoms with Crippen LogP contribution in [0.25, 0.3) is 0 Å². The third kappa shape index (κ3) is 2.42. The van der Waals surface area contributed by atoms with Gasteiger partial charge in [-0.2, -0.15) is 0 Å². The van der Waals surface area contributed by atoms with Crippen molar-refractivity contribution in [3.05, 3.63) is 55.7 Å². The second-order valence-corrected chi connectivity index (χ2v) is 6.76. The monoisotopic (exact) mass is 373 g/mol. The van der Waals surface area contributed by atoms with E-state index in [9.17, 15) is 24.5 Å². The van der Waals surface area contributed by atoms with Gasteiger partial charge in [-0.1, -0.05) is 11.3 Å². The Hall–Kier alpha value is -2.98. The highest BCUT2D eigenvalue weighted by Gasteiger charge is 2.38. The summed E-state index contributed by atoms with van der Waals surface area (Å²) in [6.45, 7) is 1.56. The normalized spacial score (nSPS) is 16.2. The Bertz CT molecular complexity index is 976. The number of carbonyl (C=O) groups is 3. The lowest BCUT2D eigenvalue weighted by atomic mass is 9.89. The lowest BCUT2D eigenvalue weighted by Gasteiger charge is -2.28. The van der Waals surface area contributed by atoms with E-state index < -0.39 is 16.5 Å². The molecule has 0 atom stereocenters. The zero-order valence-corrected chi connectivity index (χ0v) is 14.1. The molecule has 3 heterocycles. The SMILES string of the molecule is O=C1c2cc([N+](=O)[O-])sc2C(=O)c2c(C(=O)N3CCOCC3)ccnc21.